The van der Waals surface area contributed by atoms with Crippen LogP contribution in [0.25, 0.3) is 5.70 Å². The van der Waals surface area contributed by atoms with Gasteiger partial charge in [0, 0.05) is 23.2 Å². The number of likely N-dealkylation sites (tertiary alicyclic amines) is 1. The zero-order chi connectivity index (χ0) is 25.8. The monoisotopic (exact) mass is 503 g/mol. The molecule has 0 radical (unpaired) electrons. The number of rotatable bonds is 4. The number of aromatic nitrogens is 1. The molecule has 0 saturated carbocycles. The van der Waals surface area contributed by atoms with E-state index >= 15 is 4.39 Å². The summed E-state index contributed by atoms with van der Waals surface area (Å²) in [5.41, 5.74) is -5.06. The van der Waals surface area contributed by atoms with Crippen LogP contribution in [0.5, 0.6) is 0 Å². The Morgan fingerprint density at radius 1 is 1.11 bits per heavy atom. The standard InChI is InChI=1S/C23H20F7N3O2/c1-13(2)19(34)33-11-20(24,12-33)18-7-6-14(10-31-18)17-9-21(35-32-17,23(28,29)30)15-4-3-5-16(8-15)22(25,26)27/h3-10,13,32H,11-12H2,1-2H3. The zero-order valence-electron chi connectivity index (χ0n) is 18.5. The van der Waals surface area contributed by atoms with E-state index in [4.69, 9.17) is 4.84 Å². The summed E-state index contributed by atoms with van der Waals surface area (Å²) in [7, 11) is 0. The van der Waals surface area contributed by atoms with E-state index in [0.29, 0.717) is 18.2 Å². The number of nitrogens with one attached hydrogen (secondary N) is 1. The molecule has 3 heterocycles. The second-order valence-electron chi connectivity index (χ2n) is 8.82. The van der Waals surface area contributed by atoms with E-state index in [1.54, 1.807) is 13.8 Å². The fraction of sp³-hybridized carbons (Fsp3) is 0.391. The Kier molecular flexibility index (Phi) is 5.86. The molecule has 1 aromatic heterocycles. The highest BCUT2D eigenvalue weighted by atomic mass is 19.4. The van der Waals surface area contributed by atoms with Crippen molar-refractivity contribution in [1.29, 1.82) is 0 Å². The number of alkyl halides is 7. The lowest BCUT2D eigenvalue weighted by molar-refractivity contribution is -0.269. The molecular weight excluding hydrogens is 483 g/mol. The molecule has 12 heteroatoms. The van der Waals surface area contributed by atoms with Gasteiger partial charge in [-0.05, 0) is 30.3 Å². The molecule has 1 atom stereocenters. The molecule has 1 amide bonds. The molecule has 1 aromatic carbocycles. The molecule has 0 bridgehead atoms. The molecule has 2 aliphatic rings. The average Bonchev–Trinajstić information content (AvgIpc) is 3.23. The van der Waals surface area contributed by atoms with E-state index in [1.807, 2.05) is 0 Å². The van der Waals surface area contributed by atoms with Crippen molar-refractivity contribution in [3.8, 4) is 0 Å². The van der Waals surface area contributed by atoms with Gasteiger partial charge in [0.1, 0.15) is 0 Å². The molecular formula is C23H20F7N3O2. The zero-order valence-corrected chi connectivity index (χ0v) is 18.5. The molecule has 0 aliphatic carbocycles. The van der Waals surface area contributed by atoms with Gasteiger partial charge in [0.15, 0.2) is 5.67 Å². The number of carbonyl (C=O) groups is 1. The molecule has 35 heavy (non-hydrogen) atoms. The van der Waals surface area contributed by atoms with Crippen LogP contribution in [0.4, 0.5) is 30.7 Å². The van der Waals surface area contributed by atoms with Crippen molar-refractivity contribution in [2.24, 2.45) is 5.92 Å². The second-order valence-corrected chi connectivity index (χ2v) is 8.82. The molecule has 5 nitrogen and oxygen atoms in total. The van der Waals surface area contributed by atoms with Crippen molar-refractivity contribution in [2.75, 3.05) is 13.1 Å². The minimum Gasteiger partial charge on any atom is -0.335 e. The molecule has 1 saturated heterocycles. The van der Waals surface area contributed by atoms with E-state index in [1.165, 1.54) is 17.0 Å². The number of halogens is 7. The first-order valence-electron chi connectivity index (χ1n) is 10.5. The van der Waals surface area contributed by atoms with Gasteiger partial charge in [0.2, 0.25) is 11.5 Å². The lowest BCUT2D eigenvalue weighted by atomic mass is 9.89. The first-order valence-corrected chi connectivity index (χ1v) is 10.5. The Morgan fingerprint density at radius 3 is 2.34 bits per heavy atom. The van der Waals surface area contributed by atoms with Gasteiger partial charge < -0.3 is 4.90 Å². The Morgan fingerprint density at radius 2 is 1.80 bits per heavy atom. The smallest absolute Gasteiger partial charge is 0.335 e. The van der Waals surface area contributed by atoms with Crippen molar-refractivity contribution in [1.82, 2.24) is 15.4 Å². The Hall–Kier alpha value is -3.15. The first kappa shape index (κ1) is 25.0. The third kappa shape index (κ3) is 4.35. The predicted octanol–water partition coefficient (Wildman–Crippen LogP) is 5.10. The molecule has 188 valence electrons. The van der Waals surface area contributed by atoms with E-state index in [9.17, 15) is 31.1 Å². The third-order valence-electron chi connectivity index (χ3n) is 5.93. The number of carbonyl (C=O) groups excluding carboxylic acids is 1. The van der Waals surface area contributed by atoms with Crippen LogP contribution in [0.1, 0.15) is 36.2 Å². The number of nitrogens with zero attached hydrogens (tertiary/aromatic N) is 2. The van der Waals surface area contributed by atoms with Crippen LogP contribution in [0.15, 0.2) is 48.7 Å². The highest BCUT2D eigenvalue weighted by molar-refractivity contribution is 5.79. The summed E-state index contributed by atoms with van der Waals surface area (Å²) in [6.07, 6.45) is -8.21. The summed E-state index contributed by atoms with van der Waals surface area (Å²) >= 11 is 0. The molecule has 0 spiro atoms. The maximum atomic E-state index is 15.1. The fourth-order valence-electron chi connectivity index (χ4n) is 3.97. The van der Waals surface area contributed by atoms with Crippen molar-refractivity contribution in [3.05, 3.63) is 71.1 Å². The van der Waals surface area contributed by atoms with Gasteiger partial charge in [0.25, 0.3) is 0 Å². The fourth-order valence-corrected chi connectivity index (χ4v) is 3.97. The summed E-state index contributed by atoms with van der Waals surface area (Å²) in [5, 5.41) is 0. The van der Waals surface area contributed by atoms with Gasteiger partial charge in [0.05, 0.1) is 30.0 Å². The van der Waals surface area contributed by atoms with Crippen LogP contribution < -0.4 is 5.48 Å². The van der Waals surface area contributed by atoms with Gasteiger partial charge in [-0.3, -0.25) is 20.1 Å². The maximum Gasteiger partial charge on any atom is 0.428 e. The largest absolute Gasteiger partial charge is 0.428 e. The highest BCUT2D eigenvalue weighted by Crippen LogP contribution is 2.48. The van der Waals surface area contributed by atoms with Crippen molar-refractivity contribution in [2.45, 2.75) is 37.5 Å². The molecule has 2 aliphatic heterocycles. The Balaban J connectivity index is 1.61. The number of benzene rings is 1. The number of pyridine rings is 1. The van der Waals surface area contributed by atoms with Gasteiger partial charge >= 0.3 is 12.4 Å². The van der Waals surface area contributed by atoms with Gasteiger partial charge in [-0.2, -0.15) is 26.3 Å². The van der Waals surface area contributed by atoms with Gasteiger partial charge in [-0.15, -0.1) is 0 Å². The predicted molar refractivity (Wildman–Crippen MR) is 110 cm³/mol. The lowest BCUT2D eigenvalue weighted by Crippen LogP contribution is -2.60. The maximum absolute atomic E-state index is 15.1. The summed E-state index contributed by atoms with van der Waals surface area (Å²) < 4.78 is 96.5. The lowest BCUT2D eigenvalue weighted by Gasteiger charge is -2.44. The summed E-state index contributed by atoms with van der Waals surface area (Å²) in [6, 6.07) is 5.39. The SMILES string of the molecule is CC(C)C(=O)N1CC(F)(c2ccc(C3=CC(c4cccc(C(F)(F)F)c4)(C(F)(F)F)ON3)cn2)C1. The van der Waals surface area contributed by atoms with Crippen LogP contribution in [-0.4, -0.2) is 35.1 Å². The van der Waals surface area contributed by atoms with Crippen LogP contribution in [0, 0.1) is 5.92 Å². The summed E-state index contributed by atoms with van der Waals surface area (Å²) in [6.45, 7) is 3.01. The number of hydrogen-bond donors (Lipinski definition) is 1. The van der Waals surface area contributed by atoms with Crippen molar-refractivity contribution in [3.63, 3.8) is 0 Å². The van der Waals surface area contributed by atoms with Crippen LogP contribution >= 0.6 is 0 Å². The molecule has 4 rings (SSSR count). The summed E-state index contributed by atoms with van der Waals surface area (Å²) in [5.74, 6) is -0.494. The van der Waals surface area contributed by atoms with E-state index in [-0.39, 0.29) is 41.9 Å². The minimum atomic E-state index is -5.11. The molecule has 1 unspecified atom stereocenters. The second kappa shape index (κ2) is 8.21. The molecule has 2 aromatic rings. The van der Waals surface area contributed by atoms with Crippen LogP contribution in [0.3, 0.4) is 0 Å². The Labute approximate surface area is 195 Å². The number of amides is 1. The topological polar surface area (TPSA) is 54.5 Å². The Bertz CT molecular complexity index is 1150. The number of hydrogen-bond acceptors (Lipinski definition) is 4. The molecule has 1 fully saturated rings. The minimum absolute atomic E-state index is 0.00790. The average molecular weight is 503 g/mol. The first-order chi connectivity index (χ1) is 16.2. The van der Waals surface area contributed by atoms with E-state index in [2.05, 4.69) is 10.5 Å². The summed E-state index contributed by atoms with van der Waals surface area (Å²) in [4.78, 5) is 22.2. The van der Waals surface area contributed by atoms with Crippen LogP contribution in [-0.2, 0) is 27.1 Å². The van der Waals surface area contributed by atoms with Crippen LogP contribution in [0.2, 0.25) is 0 Å². The number of hydroxylamine groups is 1. The highest BCUT2D eigenvalue weighted by Gasteiger charge is 2.60. The quantitative estimate of drug-likeness (QED) is 0.591. The van der Waals surface area contributed by atoms with E-state index in [0.717, 1.165) is 18.3 Å². The van der Waals surface area contributed by atoms with Crippen molar-refractivity contribution < 1.29 is 40.4 Å². The third-order valence-corrected chi connectivity index (χ3v) is 5.93. The molecule has 1 N–H and O–H groups in total. The normalized spacial score (nSPS) is 22.0. The van der Waals surface area contributed by atoms with Gasteiger partial charge in [-0.25, -0.2) is 4.39 Å². The van der Waals surface area contributed by atoms with Gasteiger partial charge in [-0.1, -0.05) is 26.0 Å². The van der Waals surface area contributed by atoms with Crippen molar-refractivity contribution >= 4 is 11.6 Å². The van der Waals surface area contributed by atoms with E-state index < -0.39 is 34.7 Å².